The summed E-state index contributed by atoms with van der Waals surface area (Å²) < 4.78 is 0. The number of nitrogens with zero attached hydrogens (tertiary/aromatic N) is 4. The van der Waals surface area contributed by atoms with Crippen molar-refractivity contribution in [3.8, 4) is 0 Å². The lowest BCUT2D eigenvalue weighted by Gasteiger charge is -2.30. The lowest BCUT2D eigenvalue weighted by molar-refractivity contribution is 0.0715. The number of hydrogen-bond acceptors (Lipinski definition) is 2. The van der Waals surface area contributed by atoms with Crippen LogP contribution in [-0.4, -0.2) is 34.9 Å². The molecule has 1 aliphatic rings. The van der Waals surface area contributed by atoms with Gasteiger partial charge in [0, 0.05) is 46.7 Å². The van der Waals surface area contributed by atoms with E-state index in [2.05, 4.69) is 15.0 Å². The van der Waals surface area contributed by atoms with E-state index in [4.69, 9.17) is 5.53 Å². The van der Waals surface area contributed by atoms with Crippen LogP contribution in [-0.2, 0) is 0 Å². The molecule has 102 valence electrons. The molecule has 1 aromatic carbocycles. The summed E-state index contributed by atoms with van der Waals surface area (Å²) >= 11 is 0. The average Bonchev–Trinajstić information content (AvgIpc) is 2.95. The van der Waals surface area contributed by atoms with Crippen molar-refractivity contribution in [2.75, 3.05) is 13.1 Å². The molecule has 20 heavy (non-hydrogen) atoms. The lowest BCUT2D eigenvalue weighted by Crippen LogP contribution is -2.39. The molecule has 1 saturated heterocycles. The van der Waals surface area contributed by atoms with Gasteiger partial charge in [0.05, 0.1) is 0 Å². The summed E-state index contributed by atoms with van der Waals surface area (Å²) in [4.78, 5) is 20.2. The SMILES string of the molecule is [N-]=[N+]=NC1CCN(C(=O)c2ccc3[nH]ccc3c2)CC1. The van der Waals surface area contributed by atoms with Gasteiger partial charge in [-0.1, -0.05) is 5.11 Å². The first kappa shape index (κ1) is 12.6. The second-order valence-corrected chi connectivity index (χ2v) is 5.01. The van der Waals surface area contributed by atoms with Gasteiger partial charge in [-0.15, -0.1) is 0 Å². The number of nitrogens with one attached hydrogen (secondary N) is 1. The summed E-state index contributed by atoms with van der Waals surface area (Å²) in [7, 11) is 0. The van der Waals surface area contributed by atoms with Crippen LogP contribution >= 0.6 is 0 Å². The first-order valence-electron chi connectivity index (χ1n) is 6.68. The van der Waals surface area contributed by atoms with Gasteiger partial charge in [0.25, 0.3) is 5.91 Å². The van der Waals surface area contributed by atoms with E-state index in [1.54, 1.807) is 0 Å². The van der Waals surface area contributed by atoms with E-state index in [-0.39, 0.29) is 11.9 Å². The van der Waals surface area contributed by atoms with E-state index >= 15 is 0 Å². The highest BCUT2D eigenvalue weighted by Crippen LogP contribution is 2.19. The Morgan fingerprint density at radius 3 is 2.90 bits per heavy atom. The highest BCUT2D eigenvalue weighted by Gasteiger charge is 2.23. The number of azide groups is 1. The van der Waals surface area contributed by atoms with Gasteiger partial charge in [0.1, 0.15) is 0 Å². The quantitative estimate of drug-likeness (QED) is 0.507. The van der Waals surface area contributed by atoms with Crippen LogP contribution in [0.2, 0.25) is 0 Å². The topological polar surface area (TPSA) is 84.9 Å². The molecule has 0 radical (unpaired) electrons. The van der Waals surface area contributed by atoms with Crippen LogP contribution in [0.4, 0.5) is 0 Å². The van der Waals surface area contributed by atoms with Crippen LogP contribution in [0.1, 0.15) is 23.2 Å². The van der Waals surface area contributed by atoms with Gasteiger partial charge in [0.15, 0.2) is 0 Å². The average molecular weight is 269 g/mol. The van der Waals surface area contributed by atoms with Crippen molar-refractivity contribution in [2.45, 2.75) is 18.9 Å². The molecule has 2 heterocycles. The fourth-order valence-electron chi connectivity index (χ4n) is 2.63. The highest BCUT2D eigenvalue weighted by atomic mass is 16.2. The standard InChI is InChI=1S/C14H15N5O/c15-18-17-12-4-7-19(8-5-12)14(20)11-1-2-13-10(9-11)3-6-16-13/h1-3,6,9,12,16H,4-5,7-8H2. The minimum Gasteiger partial charge on any atom is -0.361 e. The molecule has 0 aliphatic carbocycles. The molecular weight excluding hydrogens is 254 g/mol. The number of hydrogen-bond donors (Lipinski definition) is 1. The second kappa shape index (κ2) is 5.27. The Labute approximate surface area is 116 Å². The number of rotatable bonds is 2. The maximum Gasteiger partial charge on any atom is 0.253 e. The Kier molecular flexibility index (Phi) is 3.31. The maximum absolute atomic E-state index is 12.4. The minimum atomic E-state index is 0.0243. The van der Waals surface area contributed by atoms with Crippen molar-refractivity contribution in [1.82, 2.24) is 9.88 Å². The third-order valence-electron chi connectivity index (χ3n) is 3.77. The number of carbonyl (C=O) groups is 1. The Hall–Kier alpha value is -2.46. The molecule has 0 saturated carbocycles. The predicted octanol–water partition coefficient (Wildman–Crippen LogP) is 3.08. The zero-order valence-electron chi connectivity index (χ0n) is 11.0. The fourth-order valence-corrected chi connectivity index (χ4v) is 2.63. The van der Waals surface area contributed by atoms with Gasteiger partial charge in [-0.2, -0.15) is 0 Å². The summed E-state index contributed by atoms with van der Waals surface area (Å²) in [6.07, 6.45) is 3.34. The molecule has 1 amide bonds. The second-order valence-electron chi connectivity index (χ2n) is 5.01. The van der Waals surface area contributed by atoms with Crippen molar-refractivity contribution >= 4 is 16.8 Å². The molecule has 0 atom stereocenters. The summed E-state index contributed by atoms with van der Waals surface area (Å²) in [5, 5.41) is 4.76. The number of benzene rings is 1. The van der Waals surface area contributed by atoms with Crippen LogP contribution < -0.4 is 0 Å². The van der Waals surface area contributed by atoms with Crippen LogP contribution in [0, 0.1) is 0 Å². The van der Waals surface area contributed by atoms with E-state index in [1.807, 2.05) is 35.4 Å². The van der Waals surface area contributed by atoms with Crippen molar-refractivity contribution in [2.24, 2.45) is 5.11 Å². The zero-order valence-corrected chi connectivity index (χ0v) is 11.0. The summed E-state index contributed by atoms with van der Waals surface area (Å²) in [6, 6.07) is 7.67. The number of likely N-dealkylation sites (tertiary alicyclic amines) is 1. The molecule has 0 unspecified atom stereocenters. The fraction of sp³-hybridized carbons (Fsp3) is 0.357. The molecule has 0 bridgehead atoms. The molecule has 1 fully saturated rings. The first-order valence-corrected chi connectivity index (χ1v) is 6.68. The summed E-state index contributed by atoms with van der Waals surface area (Å²) in [6.45, 7) is 1.29. The van der Waals surface area contributed by atoms with Gasteiger partial charge in [-0.3, -0.25) is 4.79 Å². The summed E-state index contributed by atoms with van der Waals surface area (Å²) in [5.41, 5.74) is 10.2. The Morgan fingerprint density at radius 1 is 1.35 bits per heavy atom. The van der Waals surface area contributed by atoms with Crippen molar-refractivity contribution in [3.05, 3.63) is 46.5 Å². The van der Waals surface area contributed by atoms with Crippen molar-refractivity contribution in [3.63, 3.8) is 0 Å². The van der Waals surface area contributed by atoms with Gasteiger partial charge >= 0.3 is 0 Å². The molecule has 6 heteroatoms. The number of carbonyl (C=O) groups excluding carboxylic acids is 1. The number of fused-ring (bicyclic) bond motifs is 1. The van der Waals surface area contributed by atoms with Gasteiger partial charge < -0.3 is 9.88 Å². The molecule has 0 spiro atoms. The number of aromatic amines is 1. The smallest absolute Gasteiger partial charge is 0.253 e. The van der Waals surface area contributed by atoms with Crippen LogP contribution in [0.5, 0.6) is 0 Å². The largest absolute Gasteiger partial charge is 0.361 e. The van der Waals surface area contributed by atoms with Gasteiger partial charge in [-0.25, -0.2) is 0 Å². The molecule has 1 N–H and O–H groups in total. The third kappa shape index (κ3) is 2.33. The first-order chi connectivity index (χ1) is 9.78. The van der Waals surface area contributed by atoms with Gasteiger partial charge in [-0.05, 0) is 42.6 Å². The third-order valence-corrected chi connectivity index (χ3v) is 3.77. The van der Waals surface area contributed by atoms with E-state index in [9.17, 15) is 4.79 Å². The van der Waals surface area contributed by atoms with Gasteiger partial charge in [0.2, 0.25) is 0 Å². The van der Waals surface area contributed by atoms with Crippen molar-refractivity contribution < 1.29 is 4.79 Å². The Bertz CT molecular complexity index is 678. The Balaban J connectivity index is 1.74. The minimum absolute atomic E-state index is 0.0243. The van der Waals surface area contributed by atoms with Crippen molar-refractivity contribution in [1.29, 1.82) is 0 Å². The van der Waals surface area contributed by atoms with Crippen LogP contribution in [0.3, 0.4) is 0 Å². The molecular formula is C14H15N5O. The number of H-pyrrole nitrogens is 1. The number of piperidine rings is 1. The van der Waals surface area contributed by atoms with E-state index in [1.165, 1.54) is 0 Å². The van der Waals surface area contributed by atoms with E-state index in [0.717, 1.165) is 23.7 Å². The predicted molar refractivity (Wildman–Crippen MR) is 76.4 cm³/mol. The molecule has 2 aromatic rings. The molecule has 3 rings (SSSR count). The lowest BCUT2D eigenvalue weighted by atomic mass is 10.0. The van der Waals surface area contributed by atoms with Crippen LogP contribution in [0.15, 0.2) is 35.6 Å². The zero-order chi connectivity index (χ0) is 13.9. The van der Waals surface area contributed by atoms with E-state index in [0.29, 0.717) is 18.7 Å². The number of amides is 1. The monoisotopic (exact) mass is 269 g/mol. The molecule has 1 aliphatic heterocycles. The Morgan fingerprint density at radius 2 is 2.15 bits per heavy atom. The van der Waals surface area contributed by atoms with Crippen LogP contribution in [0.25, 0.3) is 21.3 Å². The van der Waals surface area contributed by atoms with E-state index < -0.39 is 0 Å². The normalized spacial score (nSPS) is 16.1. The molecule has 1 aromatic heterocycles. The highest BCUT2D eigenvalue weighted by molar-refractivity contribution is 5.98. The number of aromatic nitrogens is 1. The maximum atomic E-state index is 12.4. The molecule has 6 nitrogen and oxygen atoms in total. The summed E-state index contributed by atoms with van der Waals surface area (Å²) in [5.74, 6) is 0.0486.